The zero-order valence-corrected chi connectivity index (χ0v) is 14.8. The Hall–Kier alpha value is -2.64. The van der Waals surface area contributed by atoms with Crippen LogP contribution >= 0.6 is 0 Å². The minimum absolute atomic E-state index is 0.0645. The molecule has 130 valence electrons. The van der Waals surface area contributed by atoms with E-state index in [4.69, 9.17) is 4.52 Å². The van der Waals surface area contributed by atoms with Crippen molar-refractivity contribution in [1.82, 2.24) is 20.4 Å². The third-order valence-corrected chi connectivity index (χ3v) is 3.55. The summed E-state index contributed by atoms with van der Waals surface area (Å²) in [6, 6.07) is 1.91. The Morgan fingerprint density at radius 1 is 1.21 bits per heavy atom. The second-order valence-corrected chi connectivity index (χ2v) is 5.84. The molecule has 2 aromatic rings. The maximum atomic E-state index is 12.0. The summed E-state index contributed by atoms with van der Waals surface area (Å²) in [4.78, 5) is 22.6. The molecule has 8 nitrogen and oxygen atoms in total. The molecule has 2 aromatic heterocycles. The largest absolute Gasteiger partial charge is 0.363 e. The molecule has 0 radical (unpaired) electrons. The zero-order valence-electron chi connectivity index (χ0n) is 14.8. The first-order valence-electron chi connectivity index (χ1n) is 7.82. The second-order valence-electron chi connectivity index (χ2n) is 5.84. The molecule has 0 aliphatic heterocycles. The predicted molar refractivity (Wildman–Crippen MR) is 92.3 cm³/mol. The number of amides is 1. The fourth-order valence-electron chi connectivity index (χ4n) is 2.21. The molecule has 0 saturated heterocycles. The molecule has 2 heterocycles. The van der Waals surface area contributed by atoms with Gasteiger partial charge in [-0.05, 0) is 20.8 Å². The second kappa shape index (κ2) is 7.76. The van der Waals surface area contributed by atoms with Crippen LogP contribution in [0.25, 0.3) is 0 Å². The van der Waals surface area contributed by atoms with Gasteiger partial charge in [0.15, 0.2) is 0 Å². The smallest absolute Gasteiger partial charge is 0.224 e. The van der Waals surface area contributed by atoms with Gasteiger partial charge >= 0.3 is 0 Å². The molecule has 0 atom stereocenters. The van der Waals surface area contributed by atoms with Gasteiger partial charge in [-0.25, -0.2) is 4.98 Å². The first kappa shape index (κ1) is 17.7. The molecule has 0 aliphatic rings. The van der Waals surface area contributed by atoms with Crippen LogP contribution in [0.3, 0.4) is 0 Å². The lowest BCUT2D eigenvalue weighted by atomic mass is 10.1. The lowest BCUT2D eigenvalue weighted by Gasteiger charge is -2.14. The number of aromatic nitrogens is 3. The maximum absolute atomic E-state index is 12.0. The van der Waals surface area contributed by atoms with Gasteiger partial charge in [-0.15, -0.1) is 0 Å². The Labute approximate surface area is 141 Å². The molecule has 0 aromatic carbocycles. The number of anilines is 2. The van der Waals surface area contributed by atoms with Crippen molar-refractivity contribution in [3.8, 4) is 0 Å². The average molecular weight is 332 g/mol. The third kappa shape index (κ3) is 4.68. The van der Waals surface area contributed by atoms with Crippen molar-refractivity contribution in [2.24, 2.45) is 0 Å². The first-order valence-corrected chi connectivity index (χ1v) is 7.82. The van der Waals surface area contributed by atoms with Gasteiger partial charge in [0.25, 0.3) is 0 Å². The molecule has 0 bridgehead atoms. The highest BCUT2D eigenvalue weighted by Crippen LogP contribution is 2.13. The predicted octanol–water partition coefficient (Wildman–Crippen LogP) is 1.23. The van der Waals surface area contributed by atoms with Crippen molar-refractivity contribution in [3.05, 3.63) is 28.8 Å². The zero-order chi connectivity index (χ0) is 17.7. The molecule has 0 saturated carbocycles. The molecule has 2 rings (SSSR count). The van der Waals surface area contributed by atoms with Gasteiger partial charge in [-0.3, -0.25) is 4.79 Å². The number of rotatable bonds is 7. The number of hydrogen-bond acceptors (Lipinski definition) is 7. The number of carbonyl (C=O) groups excluding carboxylic acids is 1. The van der Waals surface area contributed by atoms with Crippen molar-refractivity contribution in [3.63, 3.8) is 0 Å². The molecule has 24 heavy (non-hydrogen) atoms. The third-order valence-electron chi connectivity index (χ3n) is 3.55. The average Bonchev–Trinajstić information content (AvgIpc) is 2.83. The Morgan fingerprint density at radius 2 is 1.96 bits per heavy atom. The maximum Gasteiger partial charge on any atom is 0.224 e. The van der Waals surface area contributed by atoms with E-state index in [1.165, 1.54) is 0 Å². The van der Waals surface area contributed by atoms with E-state index in [1.807, 2.05) is 45.8 Å². The van der Waals surface area contributed by atoms with Gasteiger partial charge in [0, 0.05) is 44.5 Å². The minimum atomic E-state index is -0.0645. The summed E-state index contributed by atoms with van der Waals surface area (Å²) >= 11 is 0. The molecule has 0 aliphatic carbocycles. The van der Waals surface area contributed by atoms with Crippen molar-refractivity contribution in [1.29, 1.82) is 0 Å². The molecule has 0 fully saturated rings. The molecule has 0 unspecified atom stereocenters. The lowest BCUT2D eigenvalue weighted by molar-refractivity contribution is -0.120. The van der Waals surface area contributed by atoms with Crippen molar-refractivity contribution in [2.45, 2.75) is 27.2 Å². The molecule has 1 amide bonds. The Kier molecular flexibility index (Phi) is 5.73. The van der Waals surface area contributed by atoms with Gasteiger partial charge in [0.1, 0.15) is 11.6 Å². The SMILES string of the molecule is Cc1cc(N(C)C)nc(NCCNC(=O)Cc2c(C)noc2C)n1. The molecular formula is C16H24N6O2. The van der Waals surface area contributed by atoms with Crippen molar-refractivity contribution >= 4 is 17.7 Å². The number of nitrogens with one attached hydrogen (secondary N) is 2. The van der Waals surface area contributed by atoms with Gasteiger partial charge < -0.3 is 20.1 Å². The van der Waals surface area contributed by atoms with Crippen LogP contribution in [0, 0.1) is 20.8 Å². The normalized spacial score (nSPS) is 10.5. The summed E-state index contributed by atoms with van der Waals surface area (Å²) in [5, 5.41) is 9.83. The molecule has 0 spiro atoms. The summed E-state index contributed by atoms with van der Waals surface area (Å²) in [5.74, 6) is 2.02. The van der Waals surface area contributed by atoms with Crippen LogP contribution in [0.2, 0.25) is 0 Å². The summed E-state index contributed by atoms with van der Waals surface area (Å²) in [6.45, 7) is 6.59. The van der Waals surface area contributed by atoms with E-state index in [9.17, 15) is 4.79 Å². The highest BCUT2D eigenvalue weighted by molar-refractivity contribution is 5.79. The van der Waals surface area contributed by atoms with Crippen LogP contribution in [0.1, 0.15) is 22.7 Å². The van der Waals surface area contributed by atoms with E-state index < -0.39 is 0 Å². The van der Waals surface area contributed by atoms with Crippen LogP contribution in [-0.4, -0.2) is 48.2 Å². The summed E-state index contributed by atoms with van der Waals surface area (Å²) in [6.07, 6.45) is 0.271. The fourth-order valence-corrected chi connectivity index (χ4v) is 2.21. The summed E-state index contributed by atoms with van der Waals surface area (Å²) in [7, 11) is 3.86. The number of aryl methyl sites for hydroxylation is 3. The van der Waals surface area contributed by atoms with Crippen molar-refractivity contribution in [2.75, 3.05) is 37.4 Å². The van der Waals surface area contributed by atoms with Crippen LogP contribution in [0.15, 0.2) is 10.6 Å². The van der Waals surface area contributed by atoms with E-state index in [1.54, 1.807) is 0 Å². The Morgan fingerprint density at radius 3 is 2.58 bits per heavy atom. The molecule has 2 N–H and O–H groups in total. The molecule has 8 heteroatoms. The van der Waals surface area contributed by atoms with E-state index in [2.05, 4.69) is 25.8 Å². The van der Waals surface area contributed by atoms with Crippen LogP contribution in [0.5, 0.6) is 0 Å². The summed E-state index contributed by atoms with van der Waals surface area (Å²) in [5.41, 5.74) is 2.49. The van der Waals surface area contributed by atoms with Gasteiger partial charge in [-0.1, -0.05) is 5.16 Å². The molecular weight excluding hydrogens is 308 g/mol. The highest BCUT2D eigenvalue weighted by atomic mass is 16.5. The summed E-state index contributed by atoms with van der Waals surface area (Å²) < 4.78 is 5.06. The van der Waals surface area contributed by atoms with Crippen LogP contribution in [0.4, 0.5) is 11.8 Å². The lowest BCUT2D eigenvalue weighted by Crippen LogP contribution is -2.30. The van der Waals surface area contributed by atoms with Crippen molar-refractivity contribution < 1.29 is 9.32 Å². The number of nitrogens with zero attached hydrogens (tertiary/aromatic N) is 4. The fraction of sp³-hybridized carbons (Fsp3) is 0.500. The number of hydrogen-bond donors (Lipinski definition) is 2. The standard InChI is InChI=1S/C16H24N6O2/c1-10-8-14(22(4)5)20-16(19-10)18-7-6-17-15(23)9-13-11(2)21-24-12(13)3/h8H,6-7,9H2,1-5H3,(H,17,23)(H,18,19,20). The highest BCUT2D eigenvalue weighted by Gasteiger charge is 2.13. The van der Waals surface area contributed by atoms with Gasteiger partial charge in [0.2, 0.25) is 11.9 Å². The van der Waals surface area contributed by atoms with Crippen LogP contribution < -0.4 is 15.5 Å². The van der Waals surface area contributed by atoms with E-state index in [0.29, 0.717) is 24.8 Å². The topological polar surface area (TPSA) is 96.2 Å². The van der Waals surface area contributed by atoms with E-state index >= 15 is 0 Å². The van der Waals surface area contributed by atoms with Gasteiger partial charge in [-0.2, -0.15) is 4.98 Å². The van der Waals surface area contributed by atoms with E-state index in [0.717, 1.165) is 22.8 Å². The Bertz CT molecular complexity index is 691. The van der Waals surface area contributed by atoms with E-state index in [-0.39, 0.29) is 12.3 Å². The minimum Gasteiger partial charge on any atom is -0.363 e. The van der Waals surface area contributed by atoms with Gasteiger partial charge in [0.05, 0.1) is 12.1 Å². The number of carbonyl (C=O) groups is 1. The van der Waals surface area contributed by atoms with Crippen LogP contribution in [-0.2, 0) is 11.2 Å². The first-order chi connectivity index (χ1) is 11.4. The Balaban J connectivity index is 1.80. The quantitative estimate of drug-likeness (QED) is 0.736. The monoisotopic (exact) mass is 332 g/mol.